The van der Waals surface area contributed by atoms with Crippen molar-refractivity contribution in [2.75, 3.05) is 0 Å². The highest BCUT2D eigenvalue weighted by Crippen LogP contribution is 2.40. The van der Waals surface area contributed by atoms with Crippen LogP contribution >= 0.6 is 0 Å². The van der Waals surface area contributed by atoms with Crippen LogP contribution in [-0.4, -0.2) is 11.4 Å². The van der Waals surface area contributed by atoms with Gasteiger partial charge in [0.15, 0.2) is 5.78 Å². The van der Waals surface area contributed by atoms with Crippen LogP contribution in [0.3, 0.4) is 0 Å². The second-order valence-corrected chi connectivity index (χ2v) is 8.55. The van der Waals surface area contributed by atoms with Crippen LogP contribution in [0.25, 0.3) is 0 Å². The van der Waals surface area contributed by atoms with E-state index in [1.54, 1.807) is 0 Å². The first-order chi connectivity index (χ1) is 10.9. The van der Waals surface area contributed by atoms with Crippen LogP contribution in [0.4, 0.5) is 0 Å². The Kier molecular flexibility index (Phi) is 6.73. The van der Waals surface area contributed by atoms with E-state index in [0.717, 1.165) is 61.7 Å². The van der Waals surface area contributed by atoms with Gasteiger partial charge in [-0.25, -0.2) is 0 Å². The van der Waals surface area contributed by atoms with Gasteiger partial charge in [-0.05, 0) is 50.9 Å². The Hall–Kier alpha value is -0.790. The lowest BCUT2D eigenvalue weighted by Gasteiger charge is -2.38. The maximum atomic E-state index is 12.0. The van der Waals surface area contributed by atoms with Gasteiger partial charge >= 0.3 is 0 Å². The van der Waals surface area contributed by atoms with E-state index in [0.29, 0.717) is 5.78 Å². The number of Topliss-reactive ketones (excluding diaryl/α,β-unsaturated/α-hetero) is 1. The van der Waals surface area contributed by atoms with E-state index in [1.807, 2.05) is 0 Å². The number of carbonyl (C=O) groups excluding carboxylic acids is 1. The monoisotopic (exact) mass is 320 g/mol. The molecule has 2 nitrogen and oxygen atoms in total. The number of hydrogen-bond acceptors (Lipinski definition) is 2. The van der Waals surface area contributed by atoms with Crippen molar-refractivity contribution in [1.29, 1.82) is 0 Å². The number of carbonyl (C=O) groups is 1. The van der Waals surface area contributed by atoms with Crippen LogP contribution in [0.1, 0.15) is 98.3 Å². The average Bonchev–Trinajstić information content (AvgIpc) is 2.46. The highest BCUT2D eigenvalue weighted by Gasteiger charge is 2.35. The molecular weight excluding hydrogens is 284 g/mol. The van der Waals surface area contributed by atoms with Gasteiger partial charge in [-0.1, -0.05) is 46.5 Å². The third kappa shape index (κ3) is 5.65. The van der Waals surface area contributed by atoms with Crippen molar-refractivity contribution < 1.29 is 9.53 Å². The van der Waals surface area contributed by atoms with Gasteiger partial charge in [0.25, 0.3) is 0 Å². The van der Waals surface area contributed by atoms with Crippen molar-refractivity contribution in [3.63, 3.8) is 0 Å². The molecule has 0 bridgehead atoms. The van der Waals surface area contributed by atoms with E-state index in [4.69, 9.17) is 4.74 Å². The predicted molar refractivity (Wildman–Crippen MR) is 96.3 cm³/mol. The summed E-state index contributed by atoms with van der Waals surface area (Å²) in [6.45, 7) is 9.26. The van der Waals surface area contributed by atoms with Crippen molar-refractivity contribution in [2.45, 2.75) is 104 Å². The smallest absolute Gasteiger partial charge is 0.162 e. The molecule has 0 N–H and O–H groups in total. The molecule has 2 aliphatic rings. The maximum Gasteiger partial charge on any atom is 0.162 e. The van der Waals surface area contributed by atoms with E-state index in [1.165, 1.54) is 32.1 Å². The van der Waals surface area contributed by atoms with Gasteiger partial charge < -0.3 is 4.74 Å². The summed E-state index contributed by atoms with van der Waals surface area (Å²) in [5, 5.41) is 0. The lowest BCUT2D eigenvalue weighted by molar-refractivity contribution is -0.118. The first kappa shape index (κ1) is 18.5. The minimum Gasteiger partial charge on any atom is -0.491 e. The summed E-state index contributed by atoms with van der Waals surface area (Å²) < 4.78 is 6.30. The molecular formula is C21H36O2. The second-order valence-electron chi connectivity index (χ2n) is 8.55. The fourth-order valence-corrected chi connectivity index (χ4v) is 4.02. The molecule has 0 aromatic heterocycles. The Morgan fingerprint density at radius 2 is 1.78 bits per heavy atom. The minimum absolute atomic E-state index is 0.0336. The molecule has 132 valence electrons. The normalized spacial score (nSPS) is 26.2. The number of ether oxygens (including phenoxy) is 1. The largest absolute Gasteiger partial charge is 0.491 e. The van der Waals surface area contributed by atoms with E-state index >= 15 is 0 Å². The topological polar surface area (TPSA) is 26.3 Å². The SMILES string of the molecule is CC(C)CCCC(C)CCCC1(C)CCC2=C(CCCC2=O)O1. The summed E-state index contributed by atoms with van der Waals surface area (Å²) in [4.78, 5) is 12.0. The Morgan fingerprint density at radius 1 is 1.04 bits per heavy atom. The second kappa shape index (κ2) is 8.35. The lowest BCUT2D eigenvalue weighted by atomic mass is 9.83. The Balaban J connectivity index is 1.72. The average molecular weight is 321 g/mol. The zero-order valence-electron chi connectivity index (χ0n) is 15.7. The summed E-state index contributed by atoms with van der Waals surface area (Å²) >= 11 is 0. The lowest BCUT2D eigenvalue weighted by Crippen LogP contribution is -2.34. The molecule has 0 aromatic carbocycles. The Bertz CT molecular complexity index is 435. The van der Waals surface area contributed by atoms with Crippen LogP contribution in [0.5, 0.6) is 0 Å². The van der Waals surface area contributed by atoms with Crippen molar-refractivity contribution in [1.82, 2.24) is 0 Å². The molecule has 1 aliphatic heterocycles. The van der Waals surface area contributed by atoms with Gasteiger partial charge in [0.1, 0.15) is 11.4 Å². The summed E-state index contributed by atoms with van der Waals surface area (Å²) in [5.41, 5.74) is 0.976. The number of allylic oxidation sites excluding steroid dienone is 2. The summed E-state index contributed by atoms with van der Waals surface area (Å²) in [5.74, 6) is 3.02. The standard InChI is InChI=1S/C21H36O2/c1-16(2)8-5-9-17(3)10-7-14-21(4)15-13-18-19(22)11-6-12-20(18)23-21/h16-17H,5-15H2,1-4H3. The molecule has 0 spiro atoms. The fourth-order valence-electron chi connectivity index (χ4n) is 4.02. The van der Waals surface area contributed by atoms with E-state index in [-0.39, 0.29) is 5.60 Å². The fraction of sp³-hybridized carbons (Fsp3) is 0.857. The van der Waals surface area contributed by atoms with Crippen LogP contribution in [0, 0.1) is 11.8 Å². The highest BCUT2D eigenvalue weighted by molar-refractivity contribution is 5.96. The van der Waals surface area contributed by atoms with Gasteiger partial charge in [0.2, 0.25) is 0 Å². The molecule has 0 saturated heterocycles. The highest BCUT2D eigenvalue weighted by atomic mass is 16.5. The van der Waals surface area contributed by atoms with Gasteiger partial charge in [-0.2, -0.15) is 0 Å². The number of hydrogen-bond donors (Lipinski definition) is 0. The molecule has 23 heavy (non-hydrogen) atoms. The molecule has 0 amide bonds. The molecule has 2 atom stereocenters. The van der Waals surface area contributed by atoms with Gasteiger partial charge in [-0.15, -0.1) is 0 Å². The minimum atomic E-state index is -0.0336. The molecule has 0 radical (unpaired) electrons. The van der Waals surface area contributed by atoms with Crippen LogP contribution in [0.2, 0.25) is 0 Å². The first-order valence-electron chi connectivity index (χ1n) is 9.84. The van der Waals surface area contributed by atoms with Crippen LogP contribution < -0.4 is 0 Å². The van der Waals surface area contributed by atoms with Gasteiger partial charge in [0.05, 0.1) is 0 Å². The molecule has 2 rings (SSSR count). The Morgan fingerprint density at radius 3 is 2.52 bits per heavy atom. The molecule has 1 aliphatic carbocycles. The zero-order valence-corrected chi connectivity index (χ0v) is 15.7. The molecule has 0 saturated carbocycles. The van der Waals surface area contributed by atoms with E-state index in [2.05, 4.69) is 27.7 Å². The van der Waals surface area contributed by atoms with Crippen molar-refractivity contribution in [3.8, 4) is 0 Å². The summed E-state index contributed by atoms with van der Waals surface area (Å²) in [7, 11) is 0. The molecule has 1 heterocycles. The quantitative estimate of drug-likeness (QED) is 0.532. The van der Waals surface area contributed by atoms with Gasteiger partial charge in [0, 0.05) is 18.4 Å². The maximum absolute atomic E-state index is 12.0. The third-order valence-corrected chi connectivity index (χ3v) is 5.64. The predicted octanol–water partition coefficient (Wildman–Crippen LogP) is 6.20. The van der Waals surface area contributed by atoms with E-state index < -0.39 is 0 Å². The van der Waals surface area contributed by atoms with E-state index in [9.17, 15) is 4.79 Å². The number of rotatable bonds is 8. The summed E-state index contributed by atoms with van der Waals surface area (Å²) in [6.07, 6.45) is 12.4. The molecule has 2 unspecified atom stereocenters. The first-order valence-corrected chi connectivity index (χ1v) is 9.84. The van der Waals surface area contributed by atoms with Crippen molar-refractivity contribution >= 4 is 5.78 Å². The summed E-state index contributed by atoms with van der Waals surface area (Å²) in [6, 6.07) is 0. The number of ketones is 1. The molecule has 0 aromatic rings. The van der Waals surface area contributed by atoms with Crippen molar-refractivity contribution in [2.24, 2.45) is 11.8 Å². The third-order valence-electron chi connectivity index (χ3n) is 5.64. The molecule has 2 heteroatoms. The zero-order chi connectivity index (χ0) is 16.9. The molecule has 0 fully saturated rings. The van der Waals surface area contributed by atoms with Crippen LogP contribution in [0.15, 0.2) is 11.3 Å². The van der Waals surface area contributed by atoms with Crippen molar-refractivity contribution in [3.05, 3.63) is 11.3 Å². The van der Waals surface area contributed by atoms with Gasteiger partial charge in [-0.3, -0.25) is 4.79 Å². The Labute approximate surface area is 143 Å². The van der Waals surface area contributed by atoms with Crippen LogP contribution in [-0.2, 0) is 9.53 Å².